The molecule has 0 aromatic heterocycles. The Morgan fingerprint density at radius 1 is 0.640 bits per heavy atom. The van der Waals surface area contributed by atoms with Crippen molar-refractivity contribution < 1.29 is 37.6 Å². The molecule has 2 unspecified atom stereocenters. The standard InChI is InChI=1S/C40H70NO8P/c1-4-6-8-10-12-14-16-17-18-19-20-21-23-25-27-29-31-33-40(43)49-38(37-48-50(44,45)47-35-34-41-3)36-46-39(42)32-30-28-26-24-22-15-13-11-9-7-5-2/h6,8,11-14,17-18,20-21,38,41H,4-5,7,9-10,15-16,19,22-37H2,1-3H3,(H,44,45)/b8-6-,13-11-,14-12-,18-17-,21-20-. The van der Waals surface area contributed by atoms with Gasteiger partial charge in [-0.15, -0.1) is 0 Å². The number of carbonyl (C=O) groups excluding carboxylic acids is 2. The van der Waals surface area contributed by atoms with Gasteiger partial charge >= 0.3 is 19.8 Å². The monoisotopic (exact) mass is 723 g/mol. The highest BCUT2D eigenvalue weighted by atomic mass is 31.2. The van der Waals surface area contributed by atoms with Gasteiger partial charge < -0.3 is 19.7 Å². The van der Waals surface area contributed by atoms with Crippen LogP contribution in [-0.4, -0.2) is 56.3 Å². The van der Waals surface area contributed by atoms with Gasteiger partial charge in [0.25, 0.3) is 0 Å². The fourth-order valence-electron chi connectivity index (χ4n) is 4.70. The molecule has 0 heterocycles. The molecule has 0 spiro atoms. The highest BCUT2D eigenvalue weighted by Gasteiger charge is 2.26. The van der Waals surface area contributed by atoms with E-state index < -0.39 is 32.5 Å². The number of allylic oxidation sites excluding steroid dienone is 10. The number of ether oxygens (including phenoxy) is 2. The maximum atomic E-state index is 12.6. The number of hydrogen-bond donors (Lipinski definition) is 2. The predicted molar refractivity (Wildman–Crippen MR) is 206 cm³/mol. The lowest BCUT2D eigenvalue weighted by Gasteiger charge is -2.20. The van der Waals surface area contributed by atoms with Gasteiger partial charge in [-0.1, -0.05) is 120 Å². The number of carbonyl (C=O) groups is 2. The van der Waals surface area contributed by atoms with Crippen LogP contribution in [0.15, 0.2) is 60.8 Å². The van der Waals surface area contributed by atoms with Crippen LogP contribution in [0.2, 0.25) is 0 Å². The summed E-state index contributed by atoms with van der Waals surface area (Å²) < 4.78 is 33.0. The second-order valence-electron chi connectivity index (χ2n) is 12.4. The van der Waals surface area contributed by atoms with Crippen LogP contribution in [-0.2, 0) is 32.7 Å². The summed E-state index contributed by atoms with van der Waals surface area (Å²) in [6, 6.07) is 0. The highest BCUT2D eigenvalue weighted by molar-refractivity contribution is 7.47. The number of nitrogens with one attached hydrogen (secondary N) is 1. The van der Waals surface area contributed by atoms with Gasteiger partial charge in [0.05, 0.1) is 13.2 Å². The molecule has 2 atom stereocenters. The summed E-state index contributed by atoms with van der Waals surface area (Å²) in [7, 11) is -2.66. The first-order valence-electron chi connectivity index (χ1n) is 19.2. The molecule has 2 N–H and O–H groups in total. The van der Waals surface area contributed by atoms with E-state index in [1.54, 1.807) is 7.05 Å². The first-order valence-corrected chi connectivity index (χ1v) is 20.7. The van der Waals surface area contributed by atoms with Gasteiger partial charge in [0.1, 0.15) is 6.61 Å². The summed E-state index contributed by atoms with van der Waals surface area (Å²) in [6.07, 6.45) is 39.8. The van der Waals surface area contributed by atoms with E-state index in [1.165, 1.54) is 12.8 Å². The molecule has 0 amide bonds. The summed E-state index contributed by atoms with van der Waals surface area (Å²) in [5.74, 6) is -0.853. The molecule has 9 nitrogen and oxygen atoms in total. The number of rotatable bonds is 35. The van der Waals surface area contributed by atoms with Crippen molar-refractivity contribution in [1.29, 1.82) is 0 Å². The first kappa shape index (κ1) is 47.7. The Balaban J connectivity index is 4.36. The van der Waals surface area contributed by atoms with Crippen molar-refractivity contribution in [2.75, 3.05) is 33.4 Å². The molecule has 0 aromatic rings. The van der Waals surface area contributed by atoms with Gasteiger partial charge in [0, 0.05) is 19.4 Å². The molecule has 0 rings (SSSR count). The topological polar surface area (TPSA) is 120 Å². The van der Waals surface area contributed by atoms with Crippen LogP contribution in [0.4, 0.5) is 0 Å². The lowest BCUT2D eigenvalue weighted by Crippen LogP contribution is -2.29. The number of unbranched alkanes of at least 4 members (excludes halogenated alkanes) is 11. The maximum Gasteiger partial charge on any atom is 0.472 e. The Bertz CT molecular complexity index is 1010. The van der Waals surface area contributed by atoms with Crippen LogP contribution in [0.25, 0.3) is 0 Å². The van der Waals surface area contributed by atoms with Crippen molar-refractivity contribution in [1.82, 2.24) is 5.32 Å². The molecule has 50 heavy (non-hydrogen) atoms. The number of phosphoric ester groups is 1. The minimum atomic E-state index is -4.35. The highest BCUT2D eigenvalue weighted by Crippen LogP contribution is 2.43. The van der Waals surface area contributed by atoms with Gasteiger partial charge in [-0.2, -0.15) is 0 Å². The second-order valence-corrected chi connectivity index (χ2v) is 13.8. The van der Waals surface area contributed by atoms with Crippen molar-refractivity contribution >= 4 is 19.8 Å². The third-order valence-electron chi connectivity index (χ3n) is 7.62. The van der Waals surface area contributed by atoms with Gasteiger partial charge in [-0.3, -0.25) is 18.6 Å². The molecule has 0 aliphatic rings. The molecule has 288 valence electrons. The Kier molecular flexibility index (Phi) is 34.8. The van der Waals surface area contributed by atoms with E-state index in [-0.39, 0.29) is 26.1 Å². The number of esters is 2. The van der Waals surface area contributed by atoms with E-state index in [4.69, 9.17) is 18.5 Å². The zero-order valence-corrected chi connectivity index (χ0v) is 32.5. The fourth-order valence-corrected chi connectivity index (χ4v) is 5.45. The molecule has 0 aliphatic heterocycles. The maximum absolute atomic E-state index is 12.6. The van der Waals surface area contributed by atoms with Crippen LogP contribution < -0.4 is 5.32 Å². The SMILES string of the molecule is CC/C=C\C/C=C\C/C=C\C/C=C\CCCCCCC(=O)OC(COC(=O)CCCCCCC/C=C\CCCC)COP(=O)(O)OCCNC. The lowest BCUT2D eigenvalue weighted by molar-refractivity contribution is -0.161. The zero-order valence-electron chi connectivity index (χ0n) is 31.6. The van der Waals surface area contributed by atoms with E-state index in [2.05, 4.69) is 79.9 Å². The van der Waals surface area contributed by atoms with Crippen LogP contribution >= 0.6 is 7.82 Å². The normalized spacial score (nSPS) is 14.1. The summed E-state index contributed by atoms with van der Waals surface area (Å²) in [4.78, 5) is 34.9. The summed E-state index contributed by atoms with van der Waals surface area (Å²) in [6.45, 7) is 4.00. The van der Waals surface area contributed by atoms with Crippen molar-refractivity contribution in [3.8, 4) is 0 Å². The Labute approximate surface area is 304 Å². The van der Waals surface area contributed by atoms with Crippen molar-refractivity contribution in [3.05, 3.63) is 60.8 Å². The van der Waals surface area contributed by atoms with E-state index in [0.29, 0.717) is 13.0 Å². The van der Waals surface area contributed by atoms with E-state index in [9.17, 15) is 19.0 Å². The third-order valence-corrected chi connectivity index (χ3v) is 8.61. The Hall–Kier alpha value is -2.29. The second kappa shape index (κ2) is 36.5. The van der Waals surface area contributed by atoms with Crippen LogP contribution in [0, 0.1) is 0 Å². The molecule has 0 radical (unpaired) electrons. The number of phosphoric acid groups is 1. The Morgan fingerprint density at radius 3 is 1.72 bits per heavy atom. The Morgan fingerprint density at radius 2 is 1.14 bits per heavy atom. The molecular formula is C40H70NO8P. The molecule has 0 aromatic carbocycles. The number of hydrogen-bond acceptors (Lipinski definition) is 8. The molecule has 10 heteroatoms. The molecule has 0 saturated carbocycles. The average Bonchev–Trinajstić information content (AvgIpc) is 3.09. The van der Waals surface area contributed by atoms with Crippen molar-refractivity contribution in [2.45, 2.75) is 148 Å². The van der Waals surface area contributed by atoms with Crippen molar-refractivity contribution in [2.24, 2.45) is 0 Å². The fraction of sp³-hybridized carbons (Fsp3) is 0.700. The first-order chi connectivity index (χ1) is 24.3. The van der Waals surface area contributed by atoms with Gasteiger partial charge in [-0.25, -0.2) is 4.57 Å². The minimum absolute atomic E-state index is 0.0261. The third kappa shape index (κ3) is 35.5. The molecular weight excluding hydrogens is 653 g/mol. The molecule has 0 saturated heterocycles. The van der Waals surface area contributed by atoms with Gasteiger partial charge in [0.2, 0.25) is 0 Å². The van der Waals surface area contributed by atoms with Gasteiger partial charge in [0.15, 0.2) is 6.10 Å². The van der Waals surface area contributed by atoms with Crippen LogP contribution in [0.1, 0.15) is 142 Å². The molecule has 0 aliphatic carbocycles. The van der Waals surface area contributed by atoms with E-state index in [1.807, 2.05) is 0 Å². The summed E-state index contributed by atoms with van der Waals surface area (Å²) in [5.41, 5.74) is 0. The van der Waals surface area contributed by atoms with Gasteiger partial charge in [-0.05, 0) is 77.7 Å². The van der Waals surface area contributed by atoms with E-state index >= 15 is 0 Å². The summed E-state index contributed by atoms with van der Waals surface area (Å²) in [5, 5.41) is 2.81. The van der Waals surface area contributed by atoms with Crippen molar-refractivity contribution in [3.63, 3.8) is 0 Å². The lowest BCUT2D eigenvalue weighted by atomic mass is 10.1. The summed E-state index contributed by atoms with van der Waals surface area (Å²) >= 11 is 0. The quantitative estimate of drug-likeness (QED) is 0.0285. The largest absolute Gasteiger partial charge is 0.472 e. The van der Waals surface area contributed by atoms with E-state index in [0.717, 1.165) is 96.3 Å². The molecule has 0 bridgehead atoms. The average molecular weight is 724 g/mol. The van der Waals surface area contributed by atoms with Crippen LogP contribution in [0.3, 0.4) is 0 Å². The molecule has 0 fully saturated rings. The predicted octanol–water partition coefficient (Wildman–Crippen LogP) is 10.4. The minimum Gasteiger partial charge on any atom is -0.462 e. The van der Waals surface area contributed by atoms with Crippen LogP contribution in [0.5, 0.6) is 0 Å². The smallest absolute Gasteiger partial charge is 0.462 e. The zero-order chi connectivity index (χ0) is 36.8. The number of likely N-dealkylation sites (N-methyl/N-ethyl adjacent to an activating group) is 1.